The summed E-state index contributed by atoms with van der Waals surface area (Å²) in [5, 5.41) is 9.90. The Bertz CT molecular complexity index is 637. The first-order chi connectivity index (χ1) is 10.2. The van der Waals surface area contributed by atoms with Gasteiger partial charge in [-0.25, -0.2) is 0 Å². The SMILES string of the molecule is COc1cccc(SCC(=O)Nc2cc(C3CC3)[nH]n2)c1. The highest BCUT2D eigenvalue weighted by molar-refractivity contribution is 8.00. The molecule has 1 fully saturated rings. The van der Waals surface area contributed by atoms with Gasteiger partial charge in [0.2, 0.25) is 5.91 Å². The zero-order valence-electron chi connectivity index (χ0n) is 11.8. The second kappa shape index (κ2) is 6.22. The van der Waals surface area contributed by atoms with Gasteiger partial charge in [-0.15, -0.1) is 11.8 Å². The molecule has 1 aliphatic rings. The molecule has 1 saturated carbocycles. The fourth-order valence-corrected chi connectivity index (χ4v) is 2.77. The molecule has 1 amide bonds. The van der Waals surface area contributed by atoms with Gasteiger partial charge in [-0.05, 0) is 31.0 Å². The molecule has 0 spiro atoms. The Morgan fingerprint density at radius 3 is 3.10 bits per heavy atom. The highest BCUT2D eigenvalue weighted by Gasteiger charge is 2.25. The van der Waals surface area contributed by atoms with E-state index in [9.17, 15) is 4.79 Å². The highest BCUT2D eigenvalue weighted by Crippen LogP contribution is 2.39. The molecular formula is C15H17N3O2S. The molecule has 0 unspecified atom stereocenters. The topological polar surface area (TPSA) is 67.0 Å². The van der Waals surface area contributed by atoms with E-state index in [1.807, 2.05) is 30.3 Å². The number of carbonyl (C=O) groups is 1. The monoisotopic (exact) mass is 303 g/mol. The van der Waals surface area contributed by atoms with Crippen LogP contribution >= 0.6 is 11.8 Å². The number of nitrogens with zero attached hydrogens (tertiary/aromatic N) is 1. The van der Waals surface area contributed by atoms with Gasteiger partial charge in [0.25, 0.3) is 0 Å². The summed E-state index contributed by atoms with van der Waals surface area (Å²) in [6.07, 6.45) is 2.42. The maximum atomic E-state index is 11.9. The van der Waals surface area contributed by atoms with E-state index in [2.05, 4.69) is 15.5 Å². The lowest BCUT2D eigenvalue weighted by atomic mass is 10.3. The van der Waals surface area contributed by atoms with Crippen LogP contribution in [0.25, 0.3) is 0 Å². The highest BCUT2D eigenvalue weighted by atomic mass is 32.2. The average Bonchev–Trinajstić information content (AvgIpc) is 3.26. The van der Waals surface area contributed by atoms with Gasteiger partial charge >= 0.3 is 0 Å². The number of methoxy groups -OCH3 is 1. The van der Waals surface area contributed by atoms with E-state index in [0.29, 0.717) is 17.5 Å². The number of H-pyrrole nitrogens is 1. The number of aromatic nitrogens is 2. The molecular weight excluding hydrogens is 286 g/mol. The van der Waals surface area contributed by atoms with Gasteiger partial charge in [-0.3, -0.25) is 9.89 Å². The number of aromatic amines is 1. The third-order valence-electron chi connectivity index (χ3n) is 3.29. The van der Waals surface area contributed by atoms with Crippen LogP contribution in [0.4, 0.5) is 5.82 Å². The quantitative estimate of drug-likeness (QED) is 0.805. The molecule has 0 atom stereocenters. The predicted octanol–water partition coefficient (Wildman–Crippen LogP) is 3.03. The minimum absolute atomic E-state index is 0.0586. The van der Waals surface area contributed by atoms with Crippen LogP contribution in [0.3, 0.4) is 0 Å². The number of carbonyl (C=O) groups excluding carboxylic acids is 1. The van der Waals surface area contributed by atoms with Crippen LogP contribution in [0.1, 0.15) is 24.5 Å². The van der Waals surface area contributed by atoms with E-state index in [0.717, 1.165) is 16.3 Å². The minimum Gasteiger partial charge on any atom is -0.497 e. The van der Waals surface area contributed by atoms with Crippen molar-refractivity contribution in [1.29, 1.82) is 0 Å². The fraction of sp³-hybridized carbons (Fsp3) is 0.333. The molecule has 0 aliphatic heterocycles. The smallest absolute Gasteiger partial charge is 0.235 e. The summed E-state index contributed by atoms with van der Waals surface area (Å²) in [5.41, 5.74) is 1.12. The Hall–Kier alpha value is -1.95. The van der Waals surface area contributed by atoms with Gasteiger partial charge in [-0.2, -0.15) is 5.10 Å². The molecule has 0 saturated heterocycles. The van der Waals surface area contributed by atoms with Crippen molar-refractivity contribution in [3.05, 3.63) is 36.0 Å². The van der Waals surface area contributed by atoms with Crippen molar-refractivity contribution < 1.29 is 9.53 Å². The Morgan fingerprint density at radius 1 is 1.48 bits per heavy atom. The standard InChI is InChI=1S/C15H17N3O2S/c1-20-11-3-2-4-12(7-11)21-9-15(19)16-14-8-13(17-18-14)10-5-6-10/h2-4,7-8,10H,5-6,9H2,1H3,(H2,16,17,18,19). The lowest BCUT2D eigenvalue weighted by molar-refractivity contribution is -0.113. The Morgan fingerprint density at radius 2 is 2.33 bits per heavy atom. The summed E-state index contributed by atoms with van der Waals surface area (Å²) in [6.45, 7) is 0. The zero-order chi connectivity index (χ0) is 14.7. The van der Waals surface area contributed by atoms with Gasteiger partial charge < -0.3 is 10.1 Å². The number of thioether (sulfide) groups is 1. The van der Waals surface area contributed by atoms with Gasteiger partial charge in [0.05, 0.1) is 12.9 Å². The van der Waals surface area contributed by atoms with Crippen LogP contribution in [-0.2, 0) is 4.79 Å². The van der Waals surface area contributed by atoms with Crippen LogP contribution < -0.4 is 10.1 Å². The van der Waals surface area contributed by atoms with Crippen molar-refractivity contribution in [1.82, 2.24) is 10.2 Å². The van der Waals surface area contributed by atoms with Crippen LogP contribution in [0.15, 0.2) is 35.2 Å². The van der Waals surface area contributed by atoms with Gasteiger partial charge in [-0.1, -0.05) is 6.07 Å². The third kappa shape index (κ3) is 3.78. The van der Waals surface area contributed by atoms with Crippen molar-refractivity contribution in [3.8, 4) is 5.75 Å². The Labute approximate surface area is 127 Å². The van der Waals surface area contributed by atoms with E-state index in [4.69, 9.17) is 4.74 Å². The summed E-state index contributed by atoms with van der Waals surface area (Å²) in [4.78, 5) is 12.9. The largest absolute Gasteiger partial charge is 0.497 e. The van der Waals surface area contributed by atoms with Crippen LogP contribution in [0.2, 0.25) is 0 Å². The summed E-state index contributed by atoms with van der Waals surface area (Å²) in [7, 11) is 1.63. The molecule has 1 aliphatic carbocycles. The summed E-state index contributed by atoms with van der Waals surface area (Å²) in [5.74, 6) is 2.29. The predicted molar refractivity (Wildman–Crippen MR) is 82.9 cm³/mol. The van der Waals surface area contributed by atoms with Gasteiger partial charge in [0, 0.05) is 22.6 Å². The first kappa shape index (κ1) is 14.0. The van der Waals surface area contributed by atoms with Crippen molar-refractivity contribution in [2.24, 2.45) is 0 Å². The fourth-order valence-electron chi connectivity index (χ4n) is 2.02. The summed E-state index contributed by atoms with van der Waals surface area (Å²) in [6, 6.07) is 9.59. The van der Waals surface area contributed by atoms with Crippen molar-refractivity contribution in [2.75, 3.05) is 18.2 Å². The number of nitrogens with one attached hydrogen (secondary N) is 2. The maximum Gasteiger partial charge on any atom is 0.235 e. The Balaban J connectivity index is 1.51. The molecule has 5 nitrogen and oxygen atoms in total. The van der Waals surface area contributed by atoms with E-state index >= 15 is 0 Å². The molecule has 3 rings (SSSR count). The first-order valence-electron chi connectivity index (χ1n) is 6.86. The number of hydrogen-bond donors (Lipinski definition) is 2. The van der Waals surface area contributed by atoms with E-state index < -0.39 is 0 Å². The molecule has 2 N–H and O–H groups in total. The molecule has 1 heterocycles. The normalized spacial score (nSPS) is 14.0. The maximum absolute atomic E-state index is 11.9. The molecule has 6 heteroatoms. The number of rotatable bonds is 6. The first-order valence-corrected chi connectivity index (χ1v) is 7.85. The van der Waals surface area contributed by atoms with Gasteiger partial charge in [0.1, 0.15) is 5.75 Å². The third-order valence-corrected chi connectivity index (χ3v) is 4.29. The van der Waals surface area contributed by atoms with Gasteiger partial charge in [0.15, 0.2) is 5.82 Å². The Kier molecular flexibility index (Phi) is 4.15. The minimum atomic E-state index is -0.0586. The summed E-state index contributed by atoms with van der Waals surface area (Å²) < 4.78 is 5.16. The second-order valence-corrected chi connectivity index (χ2v) is 6.05. The van der Waals surface area contributed by atoms with Crippen LogP contribution in [0, 0.1) is 0 Å². The number of ether oxygens (including phenoxy) is 1. The molecule has 2 aromatic rings. The zero-order valence-corrected chi connectivity index (χ0v) is 12.6. The number of hydrogen-bond acceptors (Lipinski definition) is 4. The average molecular weight is 303 g/mol. The summed E-state index contributed by atoms with van der Waals surface area (Å²) >= 11 is 1.47. The van der Waals surface area contributed by atoms with Crippen molar-refractivity contribution in [2.45, 2.75) is 23.7 Å². The lowest BCUT2D eigenvalue weighted by Gasteiger charge is -2.04. The van der Waals surface area contributed by atoms with E-state index in [1.54, 1.807) is 7.11 Å². The molecule has 1 aromatic carbocycles. The number of benzene rings is 1. The second-order valence-electron chi connectivity index (χ2n) is 5.00. The number of amides is 1. The lowest BCUT2D eigenvalue weighted by Crippen LogP contribution is -2.14. The van der Waals surface area contributed by atoms with Crippen LogP contribution in [0.5, 0.6) is 5.75 Å². The van der Waals surface area contributed by atoms with Crippen molar-refractivity contribution >= 4 is 23.5 Å². The van der Waals surface area contributed by atoms with Crippen molar-refractivity contribution in [3.63, 3.8) is 0 Å². The van der Waals surface area contributed by atoms with E-state index in [1.165, 1.54) is 24.6 Å². The van der Waals surface area contributed by atoms with Crippen LogP contribution in [-0.4, -0.2) is 29.0 Å². The van der Waals surface area contributed by atoms with E-state index in [-0.39, 0.29) is 5.91 Å². The molecule has 0 radical (unpaired) electrons. The molecule has 21 heavy (non-hydrogen) atoms. The number of anilines is 1. The molecule has 110 valence electrons. The molecule has 0 bridgehead atoms. The molecule has 1 aromatic heterocycles.